The second kappa shape index (κ2) is 8.30. The molecule has 0 radical (unpaired) electrons. The van der Waals surface area contributed by atoms with Gasteiger partial charge in [0.15, 0.2) is 5.65 Å². The number of nitrogen functional groups attached to an aromatic ring is 1. The van der Waals surface area contributed by atoms with Crippen molar-refractivity contribution in [1.82, 2.24) is 19.9 Å². The van der Waals surface area contributed by atoms with Gasteiger partial charge in [0.2, 0.25) is 5.95 Å². The van der Waals surface area contributed by atoms with E-state index in [9.17, 15) is 13.2 Å². The fourth-order valence-electron chi connectivity index (χ4n) is 4.05. The number of nitrogens with one attached hydrogen (secondary N) is 1. The number of aryl methyl sites for hydroxylation is 2. The number of rotatable bonds is 4. The van der Waals surface area contributed by atoms with E-state index in [2.05, 4.69) is 25.2 Å². The predicted octanol–water partition coefficient (Wildman–Crippen LogP) is 4.32. The quantitative estimate of drug-likeness (QED) is 0.642. The minimum Gasteiger partial charge on any atom is -0.383 e. The third kappa shape index (κ3) is 4.87. The molecule has 0 amide bonds. The lowest BCUT2D eigenvalue weighted by atomic mass is 10.0. The van der Waals surface area contributed by atoms with E-state index in [1.54, 1.807) is 12.1 Å². The molecule has 3 N–H and O–H groups in total. The number of likely N-dealkylation sites (tertiary alicyclic amines) is 1. The third-order valence-electron chi connectivity index (χ3n) is 5.63. The lowest BCUT2D eigenvalue weighted by Crippen LogP contribution is -2.39. The summed E-state index contributed by atoms with van der Waals surface area (Å²) < 4.78 is 38.1. The van der Waals surface area contributed by atoms with Crippen LogP contribution in [0.25, 0.3) is 11.0 Å². The number of halogens is 3. The van der Waals surface area contributed by atoms with Gasteiger partial charge in [-0.15, -0.1) is 0 Å². The van der Waals surface area contributed by atoms with Gasteiger partial charge in [0.05, 0.1) is 10.9 Å². The van der Waals surface area contributed by atoms with Crippen LogP contribution >= 0.6 is 0 Å². The zero-order chi connectivity index (χ0) is 22.2. The van der Waals surface area contributed by atoms with Crippen molar-refractivity contribution in [3.8, 4) is 0 Å². The Morgan fingerprint density at radius 1 is 1.06 bits per heavy atom. The van der Waals surface area contributed by atoms with Gasteiger partial charge < -0.3 is 11.1 Å². The standard InChI is InChI=1S/C22H25F3N6/c1-13-11-14(2)27-20-18(13)19(26)29-21(30-20)28-17-7-9-31(10-8-17)12-15-3-5-16(6-4-15)22(23,24)25/h3-6,11,17H,7-10,12H2,1-2H3,(H3,26,27,28,29,30). The number of nitrogens with two attached hydrogens (primary N) is 1. The Labute approximate surface area is 178 Å². The molecule has 0 aliphatic carbocycles. The molecule has 3 heterocycles. The number of benzene rings is 1. The molecule has 4 rings (SSSR count). The number of nitrogens with zero attached hydrogens (tertiary/aromatic N) is 4. The highest BCUT2D eigenvalue weighted by Crippen LogP contribution is 2.29. The van der Waals surface area contributed by atoms with Crippen LogP contribution in [0.5, 0.6) is 0 Å². The summed E-state index contributed by atoms with van der Waals surface area (Å²) in [4.78, 5) is 15.7. The Morgan fingerprint density at radius 3 is 2.39 bits per heavy atom. The molecule has 1 aliphatic rings. The van der Waals surface area contributed by atoms with Gasteiger partial charge in [0, 0.05) is 31.4 Å². The normalized spacial score (nSPS) is 16.0. The molecule has 6 nitrogen and oxygen atoms in total. The Bertz CT molecular complexity index is 1070. The molecular formula is C22H25F3N6. The first-order chi connectivity index (χ1) is 14.7. The molecule has 0 atom stereocenters. The van der Waals surface area contributed by atoms with E-state index in [0.717, 1.165) is 60.3 Å². The van der Waals surface area contributed by atoms with Gasteiger partial charge in [0.25, 0.3) is 0 Å². The summed E-state index contributed by atoms with van der Waals surface area (Å²) in [6, 6.07) is 7.55. The zero-order valence-corrected chi connectivity index (χ0v) is 17.5. The van der Waals surface area contributed by atoms with E-state index < -0.39 is 11.7 Å². The predicted molar refractivity (Wildman–Crippen MR) is 115 cm³/mol. The number of hydrogen-bond donors (Lipinski definition) is 2. The SMILES string of the molecule is Cc1cc(C)c2c(N)nc(NC3CCN(Cc4ccc(C(F)(F)F)cc4)CC3)nc2n1. The highest BCUT2D eigenvalue weighted by molar-refractivity contribution is 5.89. The van der Waals surface area contributed by atoms with Crippen LogP contribution in [0.2, 0.25) is 0 Å². The number of fused-ring (bicyclic) bond motifs is 1. The summed E-state index contributed by atoms with van der Waals surface area (Å²) in [6.07, 6.45) is -2.55. The van der Waals surface area contributed by atoms with Crippen molar-refractivity contribution in [3.63, 3.8) is 0 Å². The van der Waals surface area contributed by atoms with Crippen LogP contribution in [0.1, 0.15) is 35.2 Å². The molecule has 1 saturated heterocycles. The monoisotopic (exact) mass is 430 g/mol. The van der Waals surface area contributed by atoms with Crippen molar-refractivity contribution in [1.29, 1.82) is 0 Å². The summed E-state index contributed by atoms with van der Waals surface area (Å²) in [7, 11) is 0. The summed E-state index contributed by atoms with van der Waals surface area (Å²) >= 11 is 0. The minimum atomic E-state index is -4.30. The van der Waals surface area contributed by atoms with Crippen molar-refractivity contribution < 1.29 is 13.2 Å². The second-order valence-corrected chi connectivity index (χ2v) is 8.10. The molecular weight excluding hydrogens is 405 g/mol. The number of hydrogen-bond acceptors (Lipinski definition) is 6. The first-order valence-electron chi connectivity index (χ1n) is 10.3. The van der Waals surface area contributed by atoms with Gasteiger partial charge in [-0.1, -0.05) is 12.1 Å². The van der Waals surface area contributed by atoms with E-state index in [4.69, 9.17) is 5.73 Å². The van der Waals surface area contributed by atoms with Crippen LogP contribution in [0.4, 0.5) is 24.9 Å². The van der Waals surface area contributed by atoms with E-state index in [-0.39, 0.29) is 6.04 Å². The Morgan fingerprint density at radius 2 is 1.74 bits per heavy atom. The Kier molecular flexibility index (Phi) is 5.70. The highest BCUT2D eigenvalue weighted by atomic mass is 19.4. The second-order valence-electron chi connectivity index (χ2n) is 8.10. The van der Waals surface area contributed by atoms with Crippen molar-refractivity contribution in [3.05, 3.63) is 52.7 Å². The molecule has 0 unspecified atom stereocenters. The Balaban J connectivity index is 1.36. The van der Waals surface area contributed by atoms with Gasteiger partial charge in [-0.05, 0) is 56.0 Å². The summed E-state index contributed by atoms with van der Waals surface area (Å²) in [5, 5.41) is 4.15. The first kappa shape index (κ1) is 21.3. The third-order valence-corrected chi connectivity index (χ3v) is 5.63. The molecule has 31 heavy (non-hydrogen) atoms. The average Bonchev–Trinajstić information content (AvgIpc) is 2.68. The van der Waals surface area contributed by atoms with E-state index in [1.165, 1.54) is 0 Å². The summed E-state index contributed by atoms with van der Waals surface area (Å²) in [5.41, 5.74) is 8.88. The van der Waals surface area contributed by atoms with Crippen LogP contribution in [-0.4, -0.2) is 39.0 Å². The van der Waals surface area contributed by atoms with Crippen molar-refractivity contribution >= 4 is 22.8 Å². The Hall–Kier alpha value is -2.94. The summed E-state index contributed by atoms with van der Waals surface area (Å²) in [6.45, 7) is 6.18. The van der Waals surface area contributed by atoms with E-state index in [1.807, 2.05) is 19.9 Å². The number of anilines is 2. The number of aromatic nitrogens is 3. The van der Waals surface area contributed by atoms with Gasteiger partial charge in [-0.25, -0.2) is 4.98 Å². The fourth-order valence-corrected chi connectivity index (χ4v) is 4.05. The molecule has 0 saturated carbocycles. The fraction of sp³-hybridized carbons (Fsp3) is 0.409. The van der Waals surface area contributed by atoms with Crippen molar-refractivity contribution in [2.75, 3.05) is 24.1 Å². The maximum atomic E-state index is 12.7. The molecule has 1 aromatic carbocycles. The molecule has 9 heteroatoms. The molecule has 0 spiro atoms. The molecule has 164 valence electrons. The van der Waals surface area contributed by atoms with Crippen LogP contribution < -0.4 is 11.1 Å². The first-order valence-corrected chi connectivity index (χ1v) is 10.3. The number of pyridine rings is 1. The number of alkyl halides is 3. The smallest absolute Gasteiger partial charge is 0.383 e. The molecule has 0 bridgehead atoms. The lowest BCUT2D eigenvalue weighted by molar-refractivity contribution is -0.137. The molecule has 1 fully saturated rings. The van der Waals surface area contributed by atoms with Crippen LogP contribution in [0.15, 0.2) is 30.3 Å². The topological polar surface area (TPSA) is 80.0 Å². The molecule has 1 aliphatic heterocycles. The van der Waals surface area contributed by atoms with Gasteiger partial charge in [-0.3, -0.25) is 4.90 Å². The largest absolute Gasteiger partial charge is 0.416 e. The maximum Gasteiger partial charge on any atom is 0.416 e. The van der Waals surface area contributed by atoms with E-state index >= 15 is 0 Å². The van der Waals surface area contributed by atoms with Crippen LogP contribution in [-0.2, 0) is 12.7 Å². The summed E-state index contributed by atoms with van der Waals surface area (Å²) in [5.74, 6) is 0.890. The van der Waals surface area contributed by atoms with Crippen LogP contribution in [0, 0.1) is 13.8 Å². The van der Waals surface area contributed by atoms with Crippen molar-refractivity contribution in [2.24, 2.45) is 0 Å². The van der Waals surface area contributed by atoms with Gasteiger partial charge >= 0.3 is 6.18 Å². The highest BCUT2D eigenvalue weighted by Gasteiger charge is 2.30. The van der Waals surface area contributed by atoms with Crippen molar-refractivity contribution in [2.45, 2.75) is 45.5 Å². The molecule has 2 aromatic heterocycles. The average molecular weight is 430 g/mol. The minimum absolute atomic E-state index is 0.201. The lowest BCUT2D eigenvalue weighted by Gasteiger charge is -2.32. The van der Waals surface area contributed by atoms with E-state index in [0.29, 0.717) is 24.0 Å². The van der Waals surface area contributed by atoms with Gasteiger partial charge in [0.1, 0.15) is 5.82 Å². The van der Waals surface area contributed by atoms with Gasteiger partial charge in [-0.2, -0.15) is 23.1 Å². The number of piperidine rings is 1. The maximum absolute atomic E-state index is 12.7. The molecule has 3 aromatic rings. The van der Waals surface area contributed by atoms with Crippen LogP contribution in [0.3, 0.4) is 0 Å². The zero-order valence-electron chi connectivity index (χ0n) is 17.5.